The fraction of sp³-hybridized carbons (Fsp3) is 0.682. The van der Waals surface area contributed by atoms with Gasteiger partial charge in [-0.3, -0.25) is 14.2 Å². The van der Waals surface area contributed by atoms with E-state index in [-0.39, 0.29) is 34.9 Å². The van der Waals surface area contributed by atoms with E-state index in [0.29, 0.717) is 24.0 Å². The summed E-state index contributed by atoms with van der Waals surface area (Å²) in [6.45, 7) is 8.69. The summed E-state index contributed by atoms with van der Waals surface area (Å²) in [5.41, 5.74) is 1.16. The van der Waals surface area contributed by atoms with Gasteiger partial charge in [-0.25, -0.2) is 13.4 Å². The molecule has 2 aromatic rings. The Kier molecular flexibility index (Phi) is 6.76. The number of carbonyl (C=O) groups excluding carboxylic acids is 1. The number of aryl methyl sites for hydroxylation is 1. The number of nitrogens with zero attached hydrogens (tertiary/aromatic N) is 2. The third-order valence-electron chi connectivity index (χ3n) is 6.16. The van der Waals surface area contributed by atoms with E-state index in [1.165, 1.54) is 22.2 Å². The van der Waals surface area contributed by atoms with Gasteiger partial charge in [0.15, 0.2) is 15.0 Å². The van der Waals surface area contributed by atoms with Crippen LogP contribution in [0.15, 0.2) is 9.95 Å². The topological polar surface area (TPSA) is 98.1 Å². The number of hydrogen-bond acceptors (Lipinski definition) is 7. The van der Waals surface area contributed by atoms with Crippen molar-refractivity contribution in [3.63, 3.8) is 0 Å². The van der Waals surface area contributed by atoms with Gasteiger partial charge in [-0.2, -0.15) is 0 Å². The molecule has 0 saturated carbocycles. The lowest BCUT2D eigenvalue weighted by molar-refractivity contribution is -0.120. The highest BCUT2D eigenvalue weighted by Gasteiger charge is 2.31. The van der Waals surface area contributed by atoms with Gasteiger partial charge < -0.3 is 5.32 Å². The zero-order valence-corrected chi connectivity index (χ0v) is 21.5. The van der Waals surface area contributed by atoms with Crippen LogP contribution in [0.25, 0.3) is 10.2 Å². The number of sulfone groups is 1. The van der Waals surface area contributed by atoms with Crippen LogP contribution in [0.3, 0.4) is 0 Å². The highest BCUT2D eigenvalue weighted by Crippen LogP contribution is 2.37. The molecule has 7 nitrogen and oxygen atoms in total. The zero-order valence-electron chi connectivity index (χ0n) is 19.0. The average molecular weight is 498 g/mol. The summed E-state index contributed by atoms with van der Waals surface area (Å²) in [5, 5.41) is 3.69. The molecule has 2 aromatic heterocycles. The fourth-order valence-corrected chi connectivity index (χ4v) is 8.48. The number of hydrogen-bond donors (Lipinski definition) is 1. The molecule has 10 heteroatoms. The van der Waals surface area contributed by atoms with E-state index in [1.807, 2.05) is 0 Å². The second-order valence-electron chi connectivity index (χ2n) is 9.60. The minimum absolute atomic E-state index is 0.00242. The van der Waals surface area contributed by atoms with E-state index >= 15 is 0 Å². The van der Waals surface area contributed by atoms with Crippen LogP contribution in [0, 0.1) is 11.8 Å². The van der Waals surface area contributed by atoms with Gasteiger partial charge in [-0.15, -0.1) is 11.3 Å². The molecule has 32 heavy (non-hydrogen) atoms. The van der Waals surface area contributed by atoms with Crippen LogP contribution < -0.4 is 10.9 Å². The second-order valence-corrected chi connectivity index (χ2v) is 14.2. The second kappa shape index (κ2) is 9.10. The summed E-state index contributed by atoms with van der Waals surface area (Å²) in [6, 6.07) is -0.338. The standard InChI is InChI=1S/C22H31N3O4S3/c1-12(2)10-25-21(27)18-16-6-5-13(3)9-17(16)31-20(18)24-22(25)30-14(4)19(26)23-15-7-8-32(28,29)11-15/h12-15H,5-11H2,1-4H3,(H,23,26). The molecular formula is C22H31N3O4S3. The lowest BCUT2D eigenvalue weighted by Gasteiger charge is -2.19. The molecule has 3 heterocycles. The zero-order chi connectivity index (χ0) is 23.2. The van der Waals surface area contributed by atoms with Gasteiger partial charge in [-0.1, -0.05) is 32.5 Å². The predicted octanol–water partition coefficient (Wildman–Crippen LogP) is 3.02. The third-order valence-corrected chi connectivity index (χ3v) is 10.2. The van der Waals surface area contributed by atoms with Crippen molar-refractivity contribution in [1.82, 2.24) is 14.9 Å². The van der Waals surface area contributed by atoms with E-state index in [1.54, 1.807) is 22.8 Å². The molecule has 0 aromatic carbocycles. The molecule has 0 bridgehead atoms. The fourth-order valence-electron chi connectivity index (χ4n) is 4.46. The van der Waals surface area contributed by atoms with Gasteiger partial charge in [0.25, 0.3) is 5.56 Å². The van der Waals surface area contributed by atoms with Crippen LogP contribution >= 0.6 is 23.1 Å². The van der Waals surface area contributed by atoms with Crippen molar-refractivity contribution in [3.05, 3.63) is 20.8 Å². The Morgan fingerprint density at radius 2 is 2.06 bits per heavy atom. The Hall–Kier alpha value is -1.39. The van der Waals surface area contributed by atoms with Gasteiger partial charge in [-0.05, 0) is 50.0 Å². The van der Waals surface area contributed by atoms with Crippen LogP contribution in [0.5, 0.6) is 0 Å². The number of aromatic nitrogens is 2. The minimum Gasteiger partial charge on any atom is -0.351 e. The summed E-state index contributed by atoms with van der Waals surface area (Å²) in [4.78, 5) is 33.2. The lowest BCUT2D eigenvalue weighted by Crippen LogP contribution is -2.40. The summed E-state index contributed by atoms with van der Waals surface area (Å²) < 4.78 is 25.1. The van der Waals surface area contributed by atoms with Crippen molar-refractivity contribution in [1.29, 1.82) is 0 Å². The molecule has 0 radical (unpaired) electrons. The molecular weight excluding hydrogens is 466 g/mol. The Morgan fingerprint density at radius 3 is 2.72 bits per heavy atom. The number of rotatable bonds is 6. The van der Waals surface area contributed by atoms with Crippen molar-refractivity contribution in [2.24, 2.45) is 11.8 Å². The van der Waals surface area contributed by atoms with Crippen molar-refractivity contribution >= 4 is 49.1 Å². The third kappa shape index (κ3) is 4.92. The summed E-state index contributed by atoms with van der Waals surface area (Å²) in [7, 11) is -3.06. The van der Waals surface area contributed by atoms with E-state index < -0.39 is 15.1 Å². The van der Waals surface area contributed by atoms with Crippen LogP contribution in [0.4, 0.5) is 0 Å². The van der Waals surface area contributed by atoms with Crippen LogP contribution in [-0.2, 0) is 34.0 Å². The quantitative estimate of drug-likeness (QED) is 0.487. The van der Waals surface area contributed by atoms with E-state index in [9.17, 15) is 18.0 Å². The van der Waals surface area contributed by atoms with E-state index in [0.717, 1.165) is 29.5 Å². The summed E-state index contributed by atoms with van der Waals surface area (Å²) >= 11 is 2.89. The molecule has 0 spiro atoms. The maximum absolute atomic E-state index is 13.5. The maximum Gasteiger partial charge on any atom is 0.263 e. The van der Waals surface area contributed by atoms with Crippen molar-refractivity contribution in [3.8, 4) is 0 Å². The first kappa shape index (κ1) is 23.8. The number of thioether (sulfide) groups is 1. The number of fused-ring (bicyclic) bond motifs is 3. The molecule has 176 valence electrons. The number of thiophene rings is 1. The van der Waals surface area contributed by atoms with Gasteiger partial charge >= 0.3 is 0 Å². The first-order chi connectivity index (χ1) is 15.0. The molecule has 3 unspecified atom stereocenters. The van der Waals surface area contributed by atoms with E-state index in [4.69, 9.17) is 4.98 Å². The number of carbonyl (C=O) groups is 1. The Labute approximate surface area is 197 Å². The first-order valence-electron chi connectivity index (χ1n) is 11.3. The maximum atomic E-state index is 13.5. The molecule has 2 aliphatic rings. The molecule has 1 aliphatic heterocycles. The normalized spacial score (nSPS) is 23.4. The molecule has 1 saturated heterocycles. The molecule has 1 fully saturated rings. The Morgan fingerprint density at radius 1 is 1.31 bits per heavy atom. The minimum atomic E-state index is -3.06. The highest BCUT2D eigenvalue weighted by molar-refractivity contribution is 8.00. The molecule has 3 atom stereocenters. The molecule has 1 amide bonds. The van der Waals surface area contributed by atoms with Gasteiger partial charge in [0, 0.05) is 17.5 Å². The predicted molar refractivity (Wildman–Crippen MR) is 130 cm³/mol. The average Bonchev–Trinajstić information content (AvgIpc) is 3.22. The van der Waals surface area contributed by atoms with Gasteiger partial charge in [0.05, 0.1) is 22.1 Å². The van der Waals surface area contributed by atoms with E-state index in [2.05, 4.69) is 26.1 Å². The summed E-state index contributed by atoms with van der Waals surface area (Å²) in [6.07, 6.45) is 3.45. The molecule has 1 N–H and O–H groups in total. The van der Waals surface area contributed by atoms with Crippen molar-refractivity contribution < 1.29 is 13.2 Å². The highest BCUT2D eigenvalue weighted by atomic mass is 32.2. The monoisotopic (exact) mass is 497 g/mol. The van der Waals surface area contributed by atoms with Crippen LogP contribution in [0.1, 0.15) is 51.0 Å². The van der Waals surface area contributed by atoms with Crippen molar-refractivity contribution in [2.45, 2.75) is 76.4 Å². The first-order valence-corrected chi connectivity index (χ1v) is 14.8. The SMILES string of the molecule is CC(C)Cn1c(SC(C)C(=O)NC2CCS(=O)(=O)C2)nc2sc3c(c2c1=O)CCC(C)C3. The summed E-state index contributed by atoms with van der Waals surface area (Å²) in [5.74, 6) is 0.770. The van der Waals surface area contributed by atoms with Crippen molar-refractivity contribution in [2.75, 3.05) is 11.5 Å². The van der Waals surface area contributed by atoms with Gasteiger partial charge in [0.1, 0.15) is 4.83 Å². The number of nitrogens with one attached hydrogen (secondary N) is 1. The smallest absolute Gasteiger partial charge is 0.263 e. The van der Waals surface area contributed by atoms with Crippen LogP contribution in [0.2, 0.25) is 0 Å². The Bertz CT molecular complexity index is 1200. The molecule has 4 rings (SSSR count). The Balaban J connectivity index is 1.63. The number of amides is 1. The molecule has 1 aliphatic carbocycles. The van der Waals surface area contributed by atoms with Crippen LogP contribution in [-0.4, -0.2) is 46.7 Å². The lowest BCUT2D eigenvalue weighted by atomic mass is 9.89. The largest absolute Gasteiger partial charge is 0.351 e. The van der Waals surface area contributed by atoms with Gasteiger partial charge in [0.2, 0.25) is 5.91 Å².